The molecule has 7 fully saturated rings. The van der Waals surface area contributed by atoms with Crippen LogP contribution in [0, 0.1) is 34.5 Å². The van der Waals surface area contributed by atoms with Gasteiger partial charge in [0.15, 0.2) is 18.9 Å². The van der Waals surface area contributed by atoms with Crippen LogP contribution in [0.5, 0.6) is 0 Å². The van der Waals surface area contributed by atoms with Crippen molar-refractivity contribution >= 4 is 5.97 Å². The van der Waals surface area contributed by atoms with Crippen molar-refractivity contribution in [1.82, 2.24) is 0 Å². The molecule has 0 spiro atoms. The largest absolute Gasteiger partial charge is 0.458 e. The third kappa shape index (κ3) is 7.37. The van der Waals surface area contributed by atoms with Gasteiger partial charge in [0.05, 0.1) is 54.4 Å². The molecule has 0 aromatic rings. The smallest absolute Gasteiger partial charge is 0.331 e. The van der Waals surface area contributed by atoms with Gasteiger partial charge in [0.1, 0.15) is 24.9 Å². The minimum absolute atomic E-state index is 0.0312. The van der Waals surface area contributed by atoms with Crippen LogP contribution in [0.3, 0.4) is 0 Å². The lowest BCUT2D eigenvalue weighted by Crippen LogP contribution is -2.67. The molecule has 4 saturated carbocycles. The summed E-state index contributed by atoms with van der Waals surface area (Å²) in [7, 11) is 3.27. The van der Waals surface area contributed by atoms with Gasteiger partial charge in [-0.3, -0.25) is 0 Å². The van der Waals surface area contributed by atoms with Gasteiger partial charge in [0.2, 0.25) is 0 Å². The minimum Gasteiger partial charge on any atom is -0.458 e. The lowest BCUT2D eigenvalue weighted by molar-refractivity contribution is -0.337. The Morgan fingerprint density at radius 1 is 0.702 bits per heavy atom. The predicted octanol–water partition coefficient (Wildman–Crippen LogP) is 3.53. The first-order valence-corrected chi connectivity index (χ1v) is 21.7. The Morgan fingerprint density at radius 2 is 1.32 bits per heavy atom. The average Bonchev–Trinajstić information content (AvgIpc) is 3.71. The van der Waals surface area contributed by atoms with Crippen molar-refractivity contribution in [2.24, 2.45) is 34.5 Å². The highest BCUT2D eigenvalue weighted by Crippen LogP contribution is 2.70. The van der Waals surface area contributed by atoms with Crippen LogP contribution >= 0.6 is 0 Å². The Labute approximate surface area is 337 Å². The van der Waals surface area contributed by atoms with Crippen LogP contribution in [0.4, 0.5) is 0 Å². The molecule has 14 nitrogen and oxygen atoms in total. The Morgan fingerprint density at radius 3 is 1.89 bits per heavy atom. The van der Waals surface area contributed by atoms with E-state index in [0.29, 0.717) is 25.2 Å². The molecule has 0 bridgehead atoms. The van der Waals surface area contributed by atoms with E-state index in [2.05, 4.69) is 6.92 Å². The van der Waals surface area contributed by atoms with Crippen molar-refractivity contribution in [2.45, 2.75) is 197 Å². The zero-order valence-electron chi connectivity index (χ0n) is 34.8. The van der Waals surface area contributed by atoms with E-state index in [0.717, 1.165) is 44.1 Å². The number of hydrogen-bond acceptors (Lipinski definition) is 14. The second-order valence-corrected chi connectivity index (χ2v) is 19.2. The number of esters is 1. The Bertz CT molecular complexity index is 1450. The van der Waals surface area contributed by atoms with E-state index in [1.165, 1.54) is 0 Å². The number of rotatable bonds is 9. The maximum Gasteiger partial charge on any atom is 0.331 e. The van der Waals surface area contributed by atoms with Crippen molar-refractivity contribution in [3.63, 3.8) is 0 Å². The summed E-state index contributed by atoms with van der Waals surface area (Å²) in [4.78, 5) is 12.0. The van der Waals surface area contributed by atoms with E-state index in [-0.39, 0.29) is 73.0 Å². The van der Waals surface area contributed by atoms with E-state index < -0.39 is 72.6 Å². The summed E-state index contributed by atoms with van der Waals surface area (Å²) in [6.45, 7) is 10.3. The van der Waals surface area contributed by atoms with E-state index in [1.807, 2.05) is 27.7 Å². The number of fused-ring (bicyclic) bond motifs is 5. The summed E-state index contributed by atoms with van der Waals surface area (Å²) in [6.07, 6.45) is 1.59. The zero-order chi connectivity index (χ0) is 40.6. The number of hydrogen-bond donors (Lipinski definition) is 4. The Kier molecular flexibility index (Phi) is 12.1. The molecule has 0 amide bonds. The number of carbonyl (C=O) groups excluding carboxylic acids is 1. The highest BCUT2D eigenvalue weighted by atomic mass is 16.7. The molecule has 8 rings (SSSR count). The van der Waals surface area contributed by atoms with E-state index in [9.17, 15) is 25.2 Å². The van der Waals surface area contributed by atoms with Gasteiger partial charge in [0.25, 0.3) is 0 Å². The molecule has 0 unspecified atom stereocenters. The third-order valence-electron chi connectivity index (χ3n) is 16.5. The number of aliphatic hydroxyl groups excluding tert-OH is 3. The molecule has 8 aliphatic rings. The van der Waals surface area contributed by atoms with Gasteiger partial charge in [-0.1, -0.05) is 13.8 Å². The highest BCUT2D eigenvalue weighted by Gasteiger charge is 2.71. The number of cyclic esters (lactones) is 1. The summed E-state index contributed by atoms with van der Waals surface area (Å²) in [5.41, 5.74) is -0.862. The monoisotopic (exact) mass is 808 g/mol. The molecule has 324 valence electrons. The summed E-state index contributed by atoms with van der Waals surface area (Å²) >= 11 is 0. The Hall–Kier alpha value is -1.27. The molecule has 3 saturated heterocycles. The first-order chi connectivity index (χ1) is 27.1. The molecule has 0 radical (unpaired) electrons. The van der Waals surface area contributed by atoms with Crippen molar-refractivity contribution in [3.8, 4) is 0 Å². The molecule has 57 heavy (non-hydrogen) atoms. The fraction of sp³-hybridized carbons (Fsp3) is 0.930. The molecule has 0 aromatic heterocycles. The van der Waals surface area contributed by atoms with E-state index >= 15 is 0 Å². The molecular formula is C43H68O14. The fourth-order valence-corrected chi connectivity index (χ4v) is 13.3. The van der Waals surface area contributed by atoms with Crippen LogP contribution in [-0.4, -0.2) is 139 Å². The van der Waals surface area contributed by atoms with Crippen molar-refractivity contribution in [3.05, 3.63) is 11.6 Å². The molecule has 14 heteroatoms. The standard InChI is InChI=1S/C43H68O14/c1-21-38(56-36-18-31(45)39(22(2)53-36)57-37-19-32(49-6)40(50-7)23(3)54-37)30(44)17-35(52-21)55-26-10-12-41(4)25(15-26)8-9-28-29(41)16-33(46)42(5)27(11-13-43(28,42)48)24-14-34(47)51-20-24/h14,21-23,25-33,35-40,44-46,48H,8-13,15-20H2,1-7H3/t21-,22-,23-,25-,26+,27-,28-,29+,30+,31+,32+,33-,35+,36+,37+,38-,39-,40-,41+,42+,43+/m1/s1. The van der Waals surface area contributed by atoms with Crippen LogP contribution in [0.2, 0.25) is 0 Å². The van der Waals surface area contributed by atoms with Crippen LogP contribution in [-0.2, 0) is 47.4 Å². The lowest BCUT2D eigenvalue weighted by Gasteiger charge is -2.65. The Balaban J connectivity index is 0.831. The van der Waals surface area contributed by atoms with Crippen LogP contribution < -0.4 is 0 Å². The van der Waals surface area contributed by atoms with Gasteiger partial charge in [-0.25, -0.2) is 4.79 Å². The molecule has 4 heterocycles. The topological polar surface area (TPSA) is 181 Å². The van der Waals surface area contributed by atoms with Crippen molar-refractivity contribution < 1.29 is 67.9 Å². The number of ether oxygens (including phenoxy) is 9. The third-order valence-corrected chi connectivity index (χ3v) is 16.5. The summed E-state index contributed by atoms with van der Waals surface area (Å²) in [5, 5.41) is 47.0. The van der Waals surface area contributed by atoms with Crippen molar-refractivity contribution in [2.75, 3.05) is 20.8 Å². The minimum atomic E-state index is -1.01. The van der Waals surface area contributed by atoms with Gasteiger partial charge in [-0.15, -0.1) is 0 Å². The summed E-state index contributed by atoms with van der Waals surface area (Å²) in [6, 6.07) is 0. The second-order valence-electron chi connectivity index (χ2n) is 19.2. The molecule has 4 aliphatic heterocycles. The first kappa shape index (κ1) is 42.4. The summed E-state index contributed by atoms with van der Waals surface area (Å²) < 4.78 is 54.1. The van der Waals surface area contributed by atoms with Crippen molar-refractivity contribution in [1.29, 1.82) is 0 Å². The molecule has 4 N–H and O–H groups in total. The van der Waals surface area contributed by atoms with E-state index in [1.54, 1.807) is 20.3 Å². The number of aliphatic hydroxyl groups is 4. The maximum absolute atomic E-state index is 12.6. The summed E-state index contributed by atoms with van der Waals surface area (Å²) in [5.74, 6) is 0.245. The van der Waals surface area contributed by atoms with Crippen LogP contribution in [0.25, 0.3) is 0 Å². The zero-order valence-corrected chi connectivity index (χ0v) is 34.8. The highest BCUT2D eigenvalue weighted by molar-refractivity contribution is 5.85. The number of methoxy groups -OCH3 is 2. The van der Waals surface area contributed by atoms with Gasteiger partial charge >= 0.3 is 5.97 Å². The normalized spacial score (nSPS) is 54.0. The van der Waals surface area contributed by atoms with E-state index in [4.69, 9.17) is 42.6 Å². The van der Waals surface area contributed by atoms with Gasteiger partial charge in [-0.05, 0) is 107 Å². The quantitative estimate of drug-likeness (QED) is 0.196. The fourth-order valence-electron chi connectivity index (χ4n) is 13.3. The van der Waals surface area contributed by atoms with Crippen LogP contribution in [0.15, 0.2) is 11.6 Å². The average molecular weight is 809 g/mol. The molecule has 4 aliphatic carbocycles. The maximum atomic E-state index is 12.6. The molecule has 0 aromatic carbocycles. The van der Waals surface area contributed by atoms with Gasteiger partial charge in [-0.2, -0.15) is 0 Å². The SMILES string of the molecule is CO[C@H]1[C@@H](OC)C[C@H](O[C@H]2[C@@H](O)C[C@H](O[C@H]3[C@@H](O)C[C@H](O[C@H]4CC[C@@]5(C)[C@H](CC[C@@H]6[C@@H]5C[C@@H](O)[C@]5(C)[C@@H](C7=CC(=O)OC7)CC[C@]65O)C4)O[C@@H]3C)O[C@@H]2C)O[C@@H]1C. The second kappa shape index (κ2) is 16.2. The number of carbonyl (C=O) groups is 1. The van der Waals surface area contributed by atoms with Gasteiger partial charge < -0.3 is 63.1 Å². The van der Waals surface area contributed by atoms with Crippen LogP contribution in [0.1, 0.15) is 105 Å². The first-order valence-electron chi connectivity index (χ1n) is 21.7. The lowest BCUT2D eigenvalue weighted by atomic mass is 9.42. The predicted molar refractivity (Wildman–Crippen MR) is 202 cm³/mol. The molecule has 21 atom stereocenters. The van der Waals surface area contributed by atoms with Gasteiger partial charge in [0, 0.05) is 45.0 Å². The molecular weight excluding hydrogens is 740 g/mol.